The maximum absolute atomic E-state index is 14.2. The van der Waals surface area contributed by atoms with Crippen LogP contribution in [-0.2, 0) is 11.2 Å². The van der Waals surface area contributed by atoms with Gasteiger partial charge >= 0.3 is 5.92 Å². The van der Waals surface area contributed by atoms with Gasteiger partial charge in [-0.05, 0) is 42.9 Å². The van der Waals surface area contributed by atoms with Gasteiger partial charge in [-0.3, -0.25) is 9.59 Å². The number of hydrogen-bond donors (Lipinski definition) is 0. The maximum Gasteiger partial charge on any atom is 0.311 e. The highest BCUT2D eigenvalue weighted by Gasteiger charge is 2.37. The van der Waals surface area contributed by atoms with Crippen LogP contribution < -0.4 is 0 Å². The van der Waals surface area contributed by atoms with Gasteiger partial charge in [0.05, 0.1) is 6.67 Å². The molecule has 0 radical (unpaired) electrons. The Morgan fingerprint density at radius 3 is 2.44 bits per heavy atom. The van der Waals surface area contributed by atoms with Gasteiger partial charge in [-0.2, -0.15) is 8.78 Å². The van der Waals surface area contributed by atoms with Crippen molar-refractivity contribution < 1.29 is 18.4 Å². The Morgan fingerprint density at radius 2 is 1.81 bits per heavy atom. The van der Waals surface area contributed by atoms with Crippen molar-refractivity contribution in [3.05, 3.63) is 35.4 Å². The second-order valence-corrected chi connectivity index (χ2v) is 7.13. The SMILES string of the molecule is CC(=O)N(C)CN(C)C(=O)c1ccc(CC2CCCCC#CC2(F)F)cc1. The van der Waals surface area contributed by atoms with E-state index >= 15 is 0 Å². The molecule has 0 aliphatic heterocycles. The van der Waals surface area contributed by atoms with Crippen molar-refractivity contribution in [3.8, 4) is 11.8 Å². The third-order valence-electron chi connectivity index (χ3n) is 4.86. The van der Waals surface area contributed by atoms with E-state index in [1.165, 1.54) is 16.7 Å². The predicted molar refractivity (Wildman–Crippen MR) is 100 cm³/mol. The van der Waals surface area contributed by atoms with Gasteiger partial charge in [-0.1, -0.05) is 24.5 Å². The van der Waals surface area contributed by atoms with E-state index in [4.69, 9.17) is 0 Å². The zero-order chi connectivity index (χ0) is 20.0. The molecule has 1 atom stereocenters. The zero-order valence-electron chi connectivity index (χ0n) is 16.1. The summed E-state index contributed by atoms with van der Waals surface area (Å²) in [6.45, 7) is 1.62. The summed E-state index contributed by atoms with van der Waals surface area (Å²) in [6, 6.07) is 6.74. The summed E-state index contributed by atoms with van der Waals surface area (Å²) in [5, 5.41) is 0. The Labute approximate surface area is 159 Å². The molecule has 0 N–H and O–H groups in total. The van der Waals surface area contributed by atoms with E-state index in [-0.39, 0.29) is 24.9 Å². The minimum Gasteiger partial charge on any atom is -0.328 e. The average Bonchev–Trinajstić information content (AvgIpc) is 2.61. The Balaban J connectivity index is 2.04. The molecule has 2 amide bonds. The van der Waals surface area contributed by atoms with Crippen LogP contribution in [0.15, 0.2) is 24.3 Å². The van der Waals surface area contributed by atoms with Crippen LogP contribution in [0.5, 0.6) is 0 Å². The van der Waals surface area contributed by atoms with Gasteiger partial charge in [0.25, 0.3) is 5.91 Å². The van der Waals surface area contributed by atoms with Gasteiger partial charge < -0.3 is 9.80 Å². The summed E-state index contributed by atoms with van der Waals surface area (Å²) >= 11 is 0. The molecule has 2 rings (SSSR count). The highest BCUT2D eigenvalue weighted by molar-refractivity contribution is 5.94. The number of halogens is 2. The van der Waals surface area contributed by atoms with Crippen LogP contribution in [0.1, 0.15) is 48.5 Å². The van der Waals surface area contributed by atoms with Gasteiger partial charge in [0.15, 0.2) is 0 Å². The summed E-state index contributed by atoms with van der Waals surface area (Å²) < 4.78 is 28.5. The summed E-state index contributed by atoms with van der Waals surface area (Å²) in [5.41, 5.74) is 1.23. The van der Waals surface area contributed by atoms with E-state index in [1.807, 2.05) is 0 Å². The highest BCUT2D eigenvalue weighted by Crippen LogP contribution is 2.32. The number of hydrogen-bond acceptors (Lipinski definition) is 2. The van der Waals surface area contributed by atoms with Crippen LogP contribution in [0.25, 0.3) is 0 Å². The number of carbonyl (C=O) groups is 2. The second kappa shape index (κ2) is 8.98. The molecule has 0 saturated heterocycles. The monoisotopic (exact) mass is 376 g/mol. The Kier molecular flexibility index (Phi) is 6.95. The van der Waals surface area contributed by atoms with Crippen molar-refractivity contribution in [1.82, 2.24) is 9.80 Å². The number of nitrogens with zero attached hydrogens (tertiary/aromatic N) is 2. The molecule has 0 bridgehead atoms. The first-order chi connectivity index (χ1) is 12.7. The standard InChI is InChI=1S/C21H26F2N2O2/c1-16(26)24(2)15-25(3)20(27)18-11-9-17(10-12-18)14-19-8-6-4-5-7-13-21(19,22)23/h9-12,19H,4-6,8,14-15H2,1-3H3. The minimum absolute atomic E-state index is 0.131. The van der Waals surface area contributed by atoms with E-state index in [2.05, 4.69) is 11.8 Å². The molecule has 0 fully saturated rings. The summed E-state index contributed by atoms with van der Waals surface area (Å²) in [4.78, 5) is 26.6. The van der Waals surface area contributed by atoms with Crippen molar-refractivity contribution in [2.45, 2.75) is 45.0 Å². The molecule has 4 nitrogen and oxygen atoms in total. The topological polar surface area (TPSA) is 40.6 Å². The van der Waals surface area contributed by atoms with Crippen LogP contribution >= 0.6 is 0 Å². The number of rotatable bonds is 5. The molecule has 1 aliphatic rings. The lowest BCUT2D eigenvalue weighted by Gasteiger charge is -2.25. The quantitative estimate of drug-likeness (QED) is 0.582. The number of benzene rings is 1. The maximum atomic E-state index is 14.2. The van der Waals surface area contributed by atoms with Gasteiger partial charge in [0.1, 0.15) is 0 Å². The molecular weight excluding hydrogens is 350 g/mol. The first-order valence-corrected chi connectivity index (χ1v) is 9.14. The molecule has 1 unspecified atom stereocenters. The van der Waals surface area contributed by atoms with Crippen molar-refractivity contribution in [1.29, 1.82) is 0 Å². The molecule has 146 valence electrons. The van der Waals surface area contributed by atoms with Gasteiger partial charge in [0, 0.05) is 38.9 Å². The van der Waals surface area contributed by atoms with Crippen LogP contribution in [-0.4, -0.2) is 48.3 Å². The third-order valence-corrected chi connectivity index (χ3v) is 4.86. The van der Waals surface area contributed by atoms with E-state index in [9.17, 15) is 18.4 Å². The summed E-state index contributed by atoms with van der Waals surface area (Å²) in [5.74, 6) is 0.559. The Hall–Kier alpha value is -2.42. The molecule has 0 saturated carbocycles. The zero-order valence-corrected chi connectivity index (χ0v) is 16.1. The lowest BCUT2D eigenvalue weighted by atomic mass is 9.87. The fourth-order valence-corrected chi connectivity index (χ4v) is 3.07. The first-order valence-electron chi connectivity index (χ1n) is 9.14. The summed E-state index contributed by atoms with van der Waals surface area (Å²) in [7, 11) is 3.23. The van der Waals surface area contributed by atoms with Crippen LogP contribution in [0.3, 0.4) is 0 Å². The molecule has 0 spiro atoms. The second-order valence-electron chi connectivity index (χ2n) is 7.13. The van der Waals surface area contributed by atoms with Crippen molar-refractivity contribution in [3.63, 3.8) is 0 Å². The largest absolute Gasteiger partial charge is 0.328 e. The van der Waals surface area contributed by atoms with Crippen molar-refractivity contribution in [2.75, 3.05) is 20.8 Å². The van der Waals surface area contributed by atoms with Gasteiger partial charge in [-0.15, -0.1) is 0 Å². The molecule has 1 aliphatic carbocycles. The minimum atomic E-state index is -2.98. The van der Waals surface area contributed by atoms with E-state index in [1.54, 1.807) is 38.4 Å². The molecular formula is C21H26F2N2O2. The number of amides is 2. The molecule has 0 heterocycles. The fourth-order valence-electron chi connectivity index (χ4n) is 3.07. The number of alkyl halides is 2. The average molecular weight is 376 g/mol. The molecule has 1 aromatic rings. The lowest BCUT2D eigenvalue weighted by Crippen LogP contribution is -2.39. The summed E-state index contributed by atoms with van der Waals surface area (Å²) in [6.07, 6.45) is 2.82. The van der Waals surface area contributed by atoms with Gasteiger partial charge in [-0.25, -0.2) is 0 Å². The number of carbonyl (C=O) groups excluding carboxylic acids is 2. The highest BCUT2D eigenvalue weighted by atomic mass is 19.3. The fraction of sp³-hybridized carbons (Fsp3) is 0.524. The van der Waals surface area contributed by atoms with Gasteiger partial charge in [0.2, 0.25) is 5.91 Å². The molecule has 6 heteroatoms. The lowest BCUT2D eigenvalue weighted by molar-refractivity contribution is -0.128. The van der Waals surface area contributed by atoms with E-state index in [0.29, 0.717) is 18.4 Å². The molecule has 1 aromatic carbocycles. The van der Waals surface area contributed by atoms with E-state index in [0.717, 1.165) is 18.4 Å². The predicted octanol–water partition coefficient (Wildman–Crippen LogP) is 3.57. The smallest absolute Gasteiger partial charge is 0.311 e. The van der Waals surface area contributed by atoms with Crippen molar-refractivity contribution in [2.24, 2.45) is 5.92 Å². The van der Waals surface area contributed by atoms with E-state index < -0.39 is 11.8 Å². The van der Waals surface area contributed by atoms with Crippen LogP contribution in [0, 0.1) is 17.8 Å². The van der Waals surface area contributed by atoms with Crippen molar-refractivity contribution >= 4 is 11.8 Å². The molecule has 27 heavy (non-hydrogen) atoms. The Morgan fingerprint density at radius 1 is 1.15 bits per heavy atom. The molecule has 0 aromatic heterocycles. The third kappa shape index (κ3) is 5.78. The van der Waals surface area contributed by atoms with Crippen LogP contribution in [0.2, 0.25) is 0 Å². The Bertz CT molecular complexity index is 735. The first kappa shape index (κ1) is 20.9. The normalized spacial score (nSPS) is 18.5. The van der Waals surface area contributed by atoms with Crippen LogP contribution in [0.4, 0.5) is 8.78 Å².